The van der Waals surface area contributed by atoms with Crippen LogP contribution >= 0.6 is 12.2 Å². The Kier molecular flexibility index (Phi) is 3.48. The Labute approximate surface area is 88.6 Å². The maximum absolute atomic E-state index is 5.38. The van der Waals surface area contributed by atoms with E-state index in [9.17, 15) is 0 Å². The molecule has 0 aliphatic heterocycles. The second kappa shape index (κ2) is 4.62. The number of thiocarbonyl (C=S) groups is 1. The number of nitrogens with one attached hydrogen (secondary N) is 1. The third-order valence-electron chi connectivity index (χ3n) is 1.72. The van der Waals surface area contributed by atoms with Crippen molar-refractivity contribution in [3.8, 4) is 5.75 Å². The predicted molar refractivity (Wildman–Crippen MR) is 63.5 cm³/mol. The van der Waals surface area contributed by atoms with Gasteiger partial charge in [0.05, 0.1) is 12.8 Å². The van der Waals surface area contributed by atoms with Gasteiger partial charge < -0.3 is 15.8 Å². The summed E-state index contributed by atoms with van der Waals surface area (Å²) in [5, 5.41) is 3.05. The maximum Gasteiger partial charge on any atom is 0.168 e. The molecule has 1 aromatic carbocycles. The molecule has 3 N–H and O–H groups in total. The van der Waals surface area contributed by atoms with Crippen LogP contribution in [0, 0.1) is 0 Å². The van der Waals surface area contributed by atoms with E-state index in [1.807, 2.05) is 18.2 Å². The molecule has 3 nitrogen and oxygen atoms in total. The van der Waals surface area contributed by atoms with Crippen LogP contribution in [0.2, 0.25) is 0 Å². The lowest BCUT2D eigenvalue weighted by Crippen LogP contribution is -2.19. The fraction of sp³-hybridized carbons (Fsp3) is 0.100. The summed E-state index contributed by atoms with van der Waals surface area (Å²) >= 11 is 4.75. The molecule has 0 spiro atoms. The minimum Gasteiger partial charge on any atom is -0.495 e. The summed E-state index contributed by atoms with van der Waals surface area (Å²) in [6.45, 7) is 3.67. The van der Waals surface area contributed by atoms with Gasteiger partial charge in [-0.25, -0.2) is 0 Å². The Balaban J connectivity index is 3.07. The van der Waals surface area contributed by atoms with Crippen LogP contribution in [0.25, 0.3) is 6.08 Å². The third kappa shape index (κ3) is 2.47. The van der Waals surface area contributed by atoms with E-state index in [1.54, 1.807) is 13.2 Å². The summed E-state index contributed by atoms with van der Waals surface area (Å²) < 4.78 is 5.13. The van der Waals surface area contributed by atoms with Crippen molar-refractivity contribution in [1.29, 1.82) is 0 Å². The minimum atomic E-state index is 0.213. The molecule has 1 aromatic rings. The van der Waals surface area contributed by atoms with Crippen LogP contribution in [0.1, 0.15) is 5.56 Å². The number of hydrogen-bond acceptors (Lipinski definition) is 2. The molecule has 4 heteroatoms. The molecule has 0 radical (unpaired) electrons. The Morgan fingerprint density at radius 1 is 1.64 bits per heavy atom. The first-order valence-electron chi connectivity index (χ1n) is 4.04. The summed E-state index contributed by atoms with van der Waals surface area (Å²) in [7, 11) is 1.59. The van der Waals surface area contributed by atoms with Gasteiger partial charge in [0.1, 0.15) is 5.75 Å². The standard InChI is InChI=1S/C10H12N2OS/c1-3-7-4-5-9(13-2)8(6-7)12-10(11)14/h3-6H,1H2,2H3,(H3,11,12,14). The summed E-state index contributed by atoms with van der Waals surface area (Å²) in [6, 6.07) is 5.60. The summed E-state index contributed by atoms with van der Waals surface area (Å²) in [5.74, 6) is 0.698. The van der Waals surface area contributed by atoms with Crippen molar-refractivity contribution in [3.05, 3.63) is 30.3 Å². The van der Waals surface area contributed by atoms with Crippen molar-refractivity contribution in [2.75, 3.05) is 12.4 Å². The molecule has 0 saturated carbocycles. The first-order valence-corrected chi connectivity index (χ1v) is 4.45. The van der Waals surface area contributed by atoms with Crippen LogP contribution in [0.15, 0.2) is 24.8 Å². The van der Waals surface area contributed by atoms with Gasteiger partial charge in [-0.2, -0.15) is 0 Å². The van der Waals surface area contributed by atoms with Crippen LogP contribution in [0.4, 0.5) is 5.69 Å². The van der Waals surface area contributed by atoms with Gasteiger partial charge >= 0.3 is 0 Å². The highest BCUT2D eigenvalue weighted by molar-refractivity contribution is 7.80. The molecular weight excluding hydrogens is 196 g/mol. The molecule has 0 atom stereocenters. The maximum atomic E-state index is 5.38. The highest BCUT2D eigenvalue weighted by atomic mass is 32.1. The highest BCUT2D eigenvalue weighted by Crippen LogP contribution is 2.25. The van der Waals surface area contributed by atoms with Gasteiger partial charge in [0.25, 0.3) is 0 Å². The third-order valence-corrected chi connectivity index (χ3v) is 1.82. The largest absolute Gasteiger partial charge is 0.495 e. The number of ether oxygens (including phenoxy) is 1. The second-order valence-corrected chi connectivity index (χ2v) is 3.09. The average Bonchev–Trinajstić information content (AvgIpc) is 2.16. The first-order chi connectivity index (χ1) is 6.67. The van der Waals surface area contributed by atoms with Crippen molar-refractivity contribution in [1.82, 2.24) is 0 Å². The molecule has 0 bridgehead atoms. The molecule has 0 fully saturated rings. The van der Waals surface area contributed by atoms with E-state index in [4.69, 9.17) is 22.7 Å². The van der Waals surface area contributed by atoms with Gasteiger partial charge in [-0.1, -0.05) is 18.7 Å². The molecule has 1 rings (SSSR count). The van der Waals surface area contributed by atoms with Crippen LogP contribution in [-0.2, 0) is 0 Å². The van der Waals surface area contributed by atoms with Gasteiger partial charge in [-0.15, -0.1) is 0 Å². The lowest BCUT2D eigenvalue weighted by Gasteiger charge is -2.10. The predicted octanol–water partition coefficient (Wildman–Crippen LogP) is 1.99. The van der Waals surface area contributed by atoms with Crippen molar-refractivity contribution in [3.63, 3.8) is 0 Å². The van der Waals surface area contributed by atoms with Gasteiger partial charge in [0.15, 0.2) is 5.11 Å². The average molecular weight is 208 g/mol. The van der Waals surface area contributed by atoms with Crippen molar-refractivity contribution >= 4 is 29.1 Å². The highest BCUT2D eigenvalue weighted by Gasteiger charge is 2.03. The number of rotatable bonds is 3. The van der Waals surface area contributed by atoms with Crippen molar-refractivity contribution < 1.29 is 4.74 Å². The zero-order chi connectivity index (χ0) is 10.6. The molecule has 0 heterocycles. The Hall–Kier alpha value is -1.55. The summed E-state index contributed by atoms with van der Waals surface area (Å²) in [4.78, 5) is 0. The van der Waals surface area contributed by atoms with Gasteiger partial charge in [-0.05, 0) is 29.9 Å². The molecule has 0 amide bonds. The van der Waals surface area contributed by atoms with E-state index in [2.05, 4.69) is 11.9 Å². The van der Waals surface area contributed by atoms with Gasteiger partial charge in [0, 0.05) is 0 Å². The molecule has 14 heavy (non-hydrogen) atoms. The van der Waals surface area contributed by atoms with Gasteiger partial charge in [-0.3, -0.25) is 0 Å². The van der Waals surface area contributed by atoms with Crippen LogP contribution < -0.4 is 15.8 Å². The number of nitrogens with two attached hydrogens (primary N) is 1. The quantitative estimate of drug-likeness (QED) is 0.746. The fourth-order valence-electron chi connectivity index (χ4n) is 1.08. The molecule has 74 valence electrons. The lowest BCUT2D eigenvalue weighted by atomic mass is 10.2. The molecule has 0 aliphatic rings. The monoisotopic (exact) mass is 208 g/mol. The first kappa shape index (κ1) is 10.5. The van der Waals surface area contributed by atoms with Crippen LogP contribution in [0.5, 0.6) is 5.75 Å². The lowest BCUT2D eigenvalue weighted by molar-refractivity contribution is 0.417. The topological polar surface area (TPSA) is 47.3 Å². The molecule has 0 aromatic heterocycles. The van der Waals surface area contributed by atoms with E-state index in [1.165, 1.54) is 0 Å². The van der Waals surface area contributed by atoms with E-state index in [0.717, 1.165) is 11.3 Å². The van der Waals surface area contributed by atoms with Gasteiger partial charge in [0.2, 0.25) is 0 Å². The minimum absolute atomic E-state index is 0.213. The molecular formula is C10H12N2OS. The number of methoxy groups -OCH3 is 1. The number of anilines is 1. The fourth-order valence-corrected chi connectivity index (χ4v) is 1.19. The van der Waals surface area contributed by atoms with Crippen LogP contribution in [-0.4, -0.2) is 12.2 Å². The van der Waals surface area contributed by atoms with Crippen molar-refractivity contribution in [2.45, 2.75) is 0 Å². The van der Waals surface area contributed by atoms with Crippen molar-refractivity contribution in [2.24, 2.45) is 5.73 Å². The van der Waals surface area contributed by atoms with E-state index < -0.39 is 0 Å². The van der Waals surface area contributed by atoms with Crippen LogP contribution in [0.3, 0.4) is 0 Å². The summed E-state index contributed by atoms with van der Waals surface area (Å²) in [5.41, 5.74) is 7.10. The van der Waals surface area contributed by atoms with E-state index >= 15 is 0 Å². The number of benzene rings is 1. The Morgan fingerprint density at radius 3 is 2.86 bits per heavy atom. The molecule has 0 saturated heterocycles. The normalized spacial score (nSPS) is 9.21. The number of hydrogen-bond donors (Lipinski definition) is 2. The summed E-state index contributed by atoms with van der Waals surface area (Å²) in [6.07, 6.45) is 1.74. The smallest absolute Gasteiger partial charge is 0.168 e. The Bertz CT molecular complexity index is 363. The molecule has 0 aliphatic carbocycles. The zero-order valence-electron chi connectivity index (χ0n) is 7.91. The van der Waals surface area contributed by atoms with E-state index in [-0.39, 0.29) is 5.11 Å². The zero-order valence-corrected chi connectivity index (χ0v) is 8.73. The molecule has 0 unspecified atom stereocenters. The SMILES string of the molecule is C=Cc1ccc(OC)c(NC(N)=S)c1. The van der Waals surface area contributed by atoms with E-state index in [0.29, 0.717) is 5.75 Å². The second-order valence-electron chi connectivity index (χ2n) is 2.65. The Morgan fingerprint density at radius 2 is 2.36 bits per heavy atom.